The molecule has 1 saturated carbocycles. The summed E-state index contributed by atoms with van der Waals surface area (Å²) in [6.45, 7) is -0.285. The van der Waals surface area contributed by atoms with Gasteiger partial charge in [-0.2, -0.15) is 8.78 Å². The number of ether oxygens (including phenoxy) is 3. The van der Waals surface area contributed by atoms with E-state index in [1.165, 1.54) is 18.5 Å². The molecule has 1 aliphatic heterocycles. The Morgan fingerprint density at radius 3 is 2.33 bits per heavy atom. The lowest BCUT2D eigenvalue weighted by Gasteiger charge is -2.29. The molecule has 0 radical (unpaired) electrons. The van der Waals surface area contributed by atoms with Gasteiger partial charge >= 0.3 is 12.6 Å². The van der Waals surface area contributed by atoms with Gasteiger partial charge in [0.05, 0.1) is 28.3 Å². The molecule has 2 fully saturated rings. The number of halogens is 4. The van der Waals surface area contributed by atoms with E-state index in [1.807, 2.05) is 12.1 Å². The van der Waals surface area contributed by atoms with Crippen LogP contribution in [0.2, 0.25) is 10.0 Å². The van der Waals surface area contributed by atoms with E-state index < -0.39 is 18.7 Å². The number of esters is 1. The summed E-state index contributed by atoms with van der Waals surface area (Å²) in [5, 5.41) is 10.4. The smallest absolute Gasteiger partial charge is 0.387 e. The molecule has 42 heavy (non-hydrogen) atoms. The van der Waals surface area contributed by atoms with Crippen molar-refractivity contribution in [2.45, 2.75) is 57.5 Å². The van der Waals surface area contributed by atoms with E-state index >= 15 is 0 Å². The van der Waals surface area contributed by atoms with Crippen molar-refractivity contribution in [1.29, 1.82) is 0 Å². The SMILES string of the molecule is O=C(O[C@@H](Cc1c(Cl)cncc1Cl)c1ccc(OC(F)F)c(OCC2CC2)c1)c1ccc(CN2CCC(O)CC2)cc1. The zero-order valence-corrected chi connectivity index (χ0v) is 24.4. The highest BCUT2D eigenvalue weighted by Crippen LogP contribution is 2.38. The number of pyridine rings is 1. The van der Waals surface area contributed by atoms with Crippen LogP contribution in [0, 0.1) is 5.92 Å². The number of aliphatic hydroxyl groups is 1. The number of aromatic nitrogens is 1. The third-order valence-corrected chi connectivity index (χ3v) is 8.12. The fourth-order valence-electron chi connectivity index (χ4n) is 4.85. The van der Waals surface area contributed by atoms with Crippen molar-refractivity contribution in [2.24, 2.45) is 5.92 Å². The van der Waals surface area contributed by atoms with E-state index in [0.29, 0.717) is 39.3 Å². The predicted molar refractivity (Wildman–Crippen MR) is 154 cm³/mol. The van der Waals surface area contributed by atoms with Crippen molar-refractivity contribution in [3.8, 4) is 11.5 Å². The quantitative estimate of drug-likeness (QED) is 0.221. The lowest BCUT2D eigenvalue weighted by molar-refractivity contribution is -0.0515. The molecule has 1 aliphatic carbocycles. The van der Waals surface area contributed by atoms with Crippen LogP contribution in [0.4, 0.5) is 8.78 Å². The summed E-state index contributed by atoms with van der Waals surface area (Å²) in [5.41, 5.74) is 2.43. The monoisotopic (exact) mass is 620 g/mol. The Hall–Kier alpha value is -2.98. The van der Waals surface area contributed by atoms with Gasteiger partial charge in [-0.3, -0.25) is 9.88 Å². The van der Waals surface area contributed by atoms with E-state index in [0.717, 1.165) is 50.9 Å². The maximum atomic E-state index is 13.4. The molecule has 2 aromatic carbocycles. The first-order valence-electron chi connectivity index (χ1n) is 13.9. The van der Waals surface area contributed by atoms with Crippen LogP contribution in [-0.2, 0) is 17.7 Å². The summed E-state index contributed by atoms with van der Waals surface area (Å²) in [6.07, 6.45) is 5.44. The maximum absolute atomic E-state index is 13.4. The molecule has 1 N–H and O–H groups in total. The first kappa shape index (κ1) is 30.5. The summed E-state index contributed by atoms with van der Waals surface area (Å²) in [5.74, 6) is -0.150. The second-order valence-corrected chi connectivity index (χ2v) is 11.5. The Kier molecular flexibility index (Phi) is 10.2. The summed E-state index contributed by atoms with van der Waals surface area (Å²) in [6, 6.07) is 11.7. The van der Waals surface area contributed by atoms with Gasteiger partial charge in [-0.05, 0) is 72.6 Å². The number of likely N-dealkylation sites (tertiary alicyclic amines) is 1. The number of carbonyl (C=O) groups excluding carboxylic acids is 1. The molecule has 2 aliphatic rings. The van der Waals surface area contributed by atoms with Gasteiger partial charge in [0, 0.05) is 38.4 Å². The van der Waals surface area contributed by atoms with E-state index in [1.54, 1.807) is 24.3 Å². The highest BCUT2D eigenvalue weighted by molar-refractivity contribution is 6.35. The number of alkyl halides is 2. The number of rotatable bonds is 12. The van der Waals surface area contributed by atoms with Gasteiger partial charge in [-0.25, -0.2) is 4.79 Å². The molecule has 11 heteroatoms. The summed E-state index contributed by atoms with van der Waals surface area (Å²) in [4.78, 5) is 19.6. The zero-order chi connectivity index (χ0) is 29.6. The Labute approximate surface area is 253 Å². The van der Waals surface area contributed by atoms with Gasteiger partial charge in [-0.15, -0.1) is 0 Å². The summed E-state index contributed by atoms with van der Waals surface area (Å²) < 4.78 is 42.7. The molecule has 0 unspecified atom stereocenters. The molecule has 1 aromatic heterocycles. The van der Waals surface area contributed by atoms with Crippen LogP contribution in [-0.4, -0.2) is 53.4 Å². The molecule has 3 aromatic rings. The third-order valence-electron chi connectivity index (χ3n) is 7.47. The minimum Gasteiger partial charge on any atom is -0.489 e. The van der Waals surface area contributed by atoms with Crippen LogP contribution >= 0.6 is 23.2 Å². The number of carbonyl (C=O) groups is 1. The molecule has 0 spiro atoms. The van der Waals surface area contributed by atoms with Crippen LogP contribution in [0.5, 0.6) is 11.5 Å². The van der Waals surface area contributed by atoms with E-state index in [2.05, 4.69) is 14.6 Å². The lowest BCUT2D eigenvalue weighted by atomic mass is 10.0. The molecule has 1 saturated heterocycles. The number of hydrogen-bond acceptors (Lipinski definition) is 7. The topological polar surface area (TPSA) is 81.1 Å². The van der Waals surface area contributed by atoms with Crippen molar-refractivity contribution < 1.29 is 32.9 Å². The normalized spacial score (nSPS) is 16.8. The van der Waals surface area contributed by atoms with Gasteiger partial charge in [0.2, 0.25) is 0 Å². The van der Waals surface area contributed by atoms with Crippen molar-refractivity contribution in [1.82, 2.24) is 9.88 Å². The largest absolute Gasteiger partial charge is 0.489 e. The fraction of sp³-hybridized carbons (Fsp3) is 0.419. The van der Waals surface area contributed by atoms with Crippen molar-refractivity contribution in [3.63, 3.8) is 0 Å². The maximum Gasteiger partial charge on any atom is 0.387 e. The number of benzene rings is 2. The minimum atomic E-state index is -3.02. The number of piperidine rings is 1. The van der Waals surface area contributed by atoms with Gasteiger partial charge < -0.3 is 19.3 Å². The van der Waals surface area contributed by atoms with Gasteiger partial charge in [0.1, 0.15) is 6.10 Å². The molecule has 7 nitrogen and oxygen atoms in total. The molecule has 0 amide bonds. The van der Waals surface area contributed by atoms with Gasteiger partial charge in [-0.1, -0.05) is 41.4 Å². The van der Waals surface area contributed by atoms with Crippen LogP contribution in [0.3, 0.4) is 0 Å². The van der Waals surface area contributed by atoms with Crippen molar-refractivity contribution in [3.05, 3.63) is 87.2 Å². The summed E-state index contributed by atoms with van der Waals surface area (Å²) >= 11 is 12.8. The Balaban J connectivity index is 1.37. The average Bonchev–Trinajstić information content (AvgIpc) is 3.80. The highest BCUT2D eigenvalue weighted by Gasteiger charge is 2.26. The molecular weight excluding hydrogens is 589 g/mol. The average molecular weight is 622 g/mol. The van der Waals surface area contributed by atoms with E-state index in [-0.39, 0.29) is 24.0 Å². The van der Waals surface area contributed by atoms with Crippen molar-refractivity contribution in [2.75, 3.05) is 19.7 Å². The lowest BCUT2D eigenvalue weighted by Crippen LogP contribution is -2.35. The third kappa shape index (κ3) is 8.31. The molecule has 5 rings (SSSR count). The first-order valence-corrected chi connectivity index (χ1v) is 14.7. The number of aliphatic hydroxyl groups excluding tert-OH is 1. The van der Waals surface area contributed by atoms with E-state index in [4.69, 9.17) is 32.7 Å². The second-order valence-electron chi connectivity index (χ2n) is 10.7. The molecule has 2 heterocycles. The standard InChI is InChI=1S/C31H32Cl2F2N2O5/c32-25-15-36-16-26(33)24(25)14-28(22-7-8-27(42-31(34)35)29(13-22)40-18-20-1-2-20)41-30(39)21-5-3-19(4-6-21)17-37-11-9-23(38)10-12-37/h3-8,13,15-16,20,23,28,31,38H,1-2,9-12,14,17-18H2/t28-/m0/s1. The van der Waals surface area contributed by atoms with Gasteiger partial charge in [0.25, 0.3) is 0 Å². The van der Waals surface area contributed by atoms with Crippen LogP contribution in [0.15, 0.2) is 54.9 Å². The summed E-state index contributed by atoms with van der Waals surface area (Å²) in [7, 11) is 0. The molecular formula is C31H32Cl2F2N2O5. The number of nitrogens with zero attached hydrogens (tertiary/aromatic N) is 2. The van der Waals surface area contributed by atoms with Crippen LogP contribution in [0.1, 0.15) is 58.8 Å². The van der Waals surface area contributed by atoms with Gasteiger partial charge in [0.15, 0.2) is 11.5 Å². The molecule has 1 atom stereocenters. The Bertz CT molecular complexity index is 1350. The van der Waals surface area contributed by atoms with Crippen LogP contribution < -0.4 is 9.47 Å². The molecule has 0 bridgehead atoms. The van der Waals surface area contributed by atoms with Crippen LogP contribution in [0.25, 0.3) is 0 Å². The highest BCUT2D eigenvalue weighted by atomic mass is 35.5. The first-order chi connectivity index (χ1) is 20.2. The zero-order valence-electron chi connectivity index (χ0n) is 22.9. The Morgan fingerprint density at radius 2 is 1.69 bits per heavy atom. The van der Waals surface area contributed by atoms with E-state index in [9.17, 15) is 18.7 Å². The molecule has 224 valence electrons. The predicted octanol–water partition coefficient (Wildman–Crippen LogP) is 6.88. The minimum absolute atomic E-state index is 0.0988. The van der Waals surface area contributed by atoms with Crippen molar-refractivity contribution >= 4 is 29.2 Å². The fourth-order valence-corrected chi connectivity index (χ4v) is 5.37. The second kappa shape index (κ2) is 14.0. The number of hydrogen-bond donors (Lipinski definition) is 1. The Morgan fingerprint density at radius 1 is 1.00 bits per heavy atom.